The van der Waals surface area contributed by atoms with Crippen LogP contribution in [0.4, 0.5) is 5.69 Å². The van der Waals surface area contributed by atoms with E-state index in [0.29, 0.717) is 0 Å². The van der Waals surface area contributed by atoms with Gasteiger partial charge in [-0.05, 0) is 56.2 Å². The van der Waals surface area contributed by atoms with Gasteiger partial charge in [0.25, 0.3) is 0 Å². The quantitative estimate of drug-likeness (QED) is 0.858. The number of nitrogens with zero attached hydrogens (tertiary/aromatic N) is 1. The van der Waals surface area contributed by atoms with Gasteiger partial charge in [-0.2, -0.15) is 5.26 Å². The molecule has 2 heteroatoms. The Hall–Kier alpha value is -1.49. The van der Waals surface area contributed by atoms with Gasteiger partial charge < -0.3 is 5.32 Å². The molecule has 0 saturated heterocycles. The van der Waals surface area contributed by atoms with Crippen LogP contribution in [0.25, 0.3) is 0 Å². The van der Waals surface area contributed by atoms with Gasteiger partial charge in [-0.1, -0.05) is 31.9 Å². The van der Waals surface area contributed by atoms with Crippen molar-refractivity contribution in [2.75, 3.05) is 11.9 Å². The van der Waals surface area contributed by atoms with Crippen molar-refractivity contribution >= 4 is 5.69 Å². The molecule has 2 rings (SSSR count). The lowest BCUT2D eigenvalue weighted by molar-refractivity contribution is 0.293. The highest BCUT2D eigenvalue weighted by molar-refractivity contribution is 5.47. The van der Waals surface area contributed by atoms with Crippen LogP contribution in [-0.4, -0.2) is 6.54 Å². The highest BCUT2D eigenvalue weighted by Gasteiger charge is 2.20. The SMILES string of the molecule is CC1CCCC(CNc2ccc(C(C)(C)C#N)cc2)C1. The third-order valence-electron chi connectivity index (χ3n) is 4.53. The molecular weight excluding hydrogens is 244 g/mol. The molecule has 1 fully saturated rings. The topological polar surface area (TPSA) is 35.8 Å². The molecule has 0 heterocycles. The number of hydrogen-bond donors (Lipinski definition) is 1. The predicted molar refractivity (Wildman–Crippen MR) is 84.7 cm³/mol. The third-order valence-corrected chi connectivity index (χ3v) is 4.53. The zero-order valence-corrected chi connectivity index (χ0v) is 12.9. The van der Waals surface area contributed by atoms with Crippen LogP contribution in [0.5, 0.6) is 0 Å². The molecule has 1 aliphatic rings. The zero-order valence-electron chi connectivity index (χ0n) is 12.9. The monoisotopic (exact) mass is 270 g/mol. The summed E-state index contributed by atoms with van der Waals surface area (Å²) in [5.41, 5.74) is 1.84. The van der Waals surface area contributed by atoms with E-state index >= 15 is 0 Å². The van der Waals surface area contributed by atoms with Gasteiger partial charge in [-0.3, -0.25) is 0 Å². The van der Waals surface area contributed by atoms with E-state index < -0.39 is 5.41 Å². The molecule has 108 valence electrons. The van der Waals surface area contributed by atoms with Gasteiger partial charge in [-0.15, -0.1) is 0 Å². The van der Waals surface area contributed by atoms with Gasteiger partial charge in [0.05, 0.1) is 11.5 Å². The van der Waals surface area contributed by atoms with E-state index in [2.05, 4.69) is 42.6 Å². The Labute approximate surface area is 123 Å². The van der Waals surface area contributed by atoms with Gasteiger partial charge in [0.15, 0.2) is 0 Å². The molecule has 2 unspecified atom stereocenters. The fourth-order valence-corrected chi connectivity index (χ4v) is 3.08. The average molecular weight is 270 g/mol. The van der Waals surface area contributed by atoms with Gasteiger partial charge in [0, 0.05) is 12.2 Å². The Bertz CT molecular complexity index is 467. The molecule has 2 nitrogen and oxygen atoms in total. The zero-order chi connectivity index (χ0) is 14.6. The molecule has 1 aromatic rings. The van der Waals surface area contributed by atoms with Crippen LogP contribution >= 0.6 is 0 Å². The standard InChI is InChI=1S/C18H26N2/c1-14-5-4-6-15(11-14)12-20-17-9-7-16(8-10-17)18(2,3)13-19/h7-10,14-15,20H,4-6,11-12H2,1-3H3. The lowest BCUT2D eigenvalue weighted by Gasteiger charge is -2.27. The number of hydrogen-bond acceptors (Lipinski definition) is 2. The molecule has 1 aromatic carbocycles. The maximum Gasteiger partial charge on any atom is 0.0766 e. The minimum atomic E-state index is -0.405. The van der Waals surface area contributed by atoms with Crippen molar-refractivity contribution in [3.05, 3.63) is 29.8 Å². The van der Waals surface area contributed by atoms with E-state index in [1.165, 1.54) is 31.4 Å². The first kappa shape index (κ1) is 14.9. The maximum absolute atomic E-state index is 9.15. The van der Waals surface area contributed by atoms with Gasteiger partial charge in [0.2, 0.25) is 0 Å². The van der Waals surface area contributed by atoms with Crippen LogP contribution in [0.2, 0.25) is 0 Å². The van der Waals surface area contributed by atoms with Crippen molar-refractivity contribution in [3.8, 4) is 6.07 Å². The Balaban J connectivity index is 1.90. The number of nitriles is 1. The van der Waals surface area contributed by atoms with E-state index in [0.717, 1.165) is 23.9 Å². The van der Waals surface area contributed by atoms with Crippen LogP contribution in [0.15, 0.2) is 24.3 Å². The molecule has 1 saturated carbocycles. The van der Waals surface area contributed by atoms with Crippen molar-refractivity contribution in [1.82, 2.24) is 0 Å². The Morgan fingerprint density at radius 1 is 1.25 bits per heavy atom. The van der Waals surface area contributed by atoms with Gasteiger partial charge in [-0.25, -0.2) is 0 Å². The van der Waals surface area contributed by atoms with Crippen LogP contribution in [-0.2, 0) is 5.41 Å². The summed E-state index contributed by atoms with van der Waals surface area (Å²) in [4.78, 5) is 0. The van der Waals surface area contributed by atoms with E-state index in [-0.39, 0.29) is 0 Å². The number of anilines is 1. The Morgan fingerprint density at radius 3 is 2.55 bits per heavy atom. The van der Waals surface area contributed by atoms with Crippen LogP contribution in [0.3, 0.4) is 0 Å². The Morgan fingerprint density at radius 2 is 1.95 bits per heavy atom. The van der Waals surface area contributed by atoms with Crippen molar-refractivity contribution in [3.63, 3.8) is 0 Å². The molecule has 1 aliphatic carbocycles. The molecule has 2 atom stereocenters. The van der Waals surface area contributed by atoms with E-state index in [4.69, 9.17) is 5.26 Å². The first-order chi connectivity index (χ1) is 9.51. The van der Waals surface area contributed by atoms with E-state index in [9.17, 15) is 0 Å². The van der Waals surface area contributed by atoms with Crippen LogP contribution in [0, 0.1) is 23.2 Å². The normalized spacial score (nSPS) is 23.1. The largest absolute Gasteiger partial charge is 0.385 e. The molecule has 0 spiro atoms. The molecule has 0 radical (unpaired) electrons. The fourth-order valence-electron chi connectivity index (χ4n) is 3.08. The predicted octanol–water partition coefficient (Wildman–Crippen LogP) is 4.73. The second-order valence-electron chi connectivity index (χ2n) is 6.83. The van der Waals surface area contributed by atoms with Crippen LogP contribution in [0.1, 0.15) is 52.0 Å². The van der Waals surface area contributed by atoms with Crippen LogP contribution < -0.4 is 5.32 Å². The number of rotatable bonds is 4. The molecule has 0 amide bonds. The van der Waals surface area contributed by atoms with E-state index in [1.807, 2.05) is 13.8 Å². The minimum absolute atomic E-state index is 0.405. The highest BCUT2D eigenvalue weighted by atomic mass is 14.9. The lowest BCUT2D eigenvalue weighted by atomic mass is 9.82. The fraction of sp³-hybridized carbons (Fsp3) is 0.611. The maximum atomic E-state index is 9.15. The molecule has 0 bridgehead atoms. The summed E-state index contributed by atoms with van der Waals surface area (Å²) in [5, 5.41) is 12.7. The summed E-state index contributed by atoms with van der Waals surface area (Å²) >= 11 is 0. The summed E-state index contributed by atoms with van der Waals surface area (Å²) in [5.74, 6) is 1.70. The summed E-state index contributed by atoms with van der Waals surface area (Å²) in [6.07, 6.45) is 5.49. The molecule has 20 heavy (non-hydrogen) atoms. The number of benzene rings is 1. The summed E-state index contributed by atoms with van der Waals surface area (Å²) in [6, 6.07) is 10.7. The van der Waals surface area contributed by atoms with Crippen molar-refractivity contribution in [2.24, 2.45) is 11.8 Å². The third kappa shape index (κ3) is 3.76. The smallest absolute Gasteiger partial charge is 0.0766 e. The van der Waals surface area contributed by atoms with Crippen molar-refractivity contribution < 1.29 is 0 Å². The van der Waals surface area contributed by atoms with Crippen molar-refractivity contribution in [1.29, 1.82) is 5.26 Å². The first-order valence-electron chi connectivity index (χ1n) is 7.77. The minimum Gasteiger partial charge on any atom is -0.385 e. The molecular formula is C18H26N2. The number of nitrogens with one attached hydrogen (secondary N) is 1. The van der Waals surface area contributed by atoms with Gasteiger partial charge >= 0.3 is 0 Å². The summed E-state index contributed by atoms with van der Waals surface area (Å²) < 4.78 is 0. The second-order valence-corrected chi connectivity index (χ2v) is 6.83. The Kier molecular flexibility index (Phi) is 4.70. The lowest BCUT2D eigenvalue weighted by Crippen LogP contribution is -2.21. The molecule has 0 aromatic heterocycles. The average Bonchev–Trinajstić information content (AvgIpc) is 2.46. The van der Waals surface area contributed by atoms with Crippen molar-refractivity contribution in [2.45, 2.75) is 51.9 Å². The summed E-state index contributed by atoms with van der Waals surface area (Å²) in [6.45, 7) is 7.36. The van der Waals surface area contributed by atoms with E-state index in [1.54, 1.807) is 0 Å². The summed E-state index contributed by atoms with van der Waals surface area (Å²) in [7, 11) is 0. The second kappa shape index (κ2) is 6.31. The molecule has 1 N–H and O–H groups in total. The van der Waals surface area contributed by atoms with Gasteiger partial charge in [0.1, 0.15) is 0 Å². The highest BCUT2D eigenvalue weighted by Crippen LogP contribution is 2.29. The molecule has 0 aliphatic heterocycles. The first-order valence-corrected chi connectivity index (χ1v) is 7.77.